The van der Waals surface area contributed by atoms with Gasteiger partial charge in [0.05, 0.1) is 17.5 Å². The summed E-state index contributed by atoms with van der Waals surface area (Å²) < 4.78 is 37.0. The number of pyridine rings is 2. The number of nitrogens with zero attached hydrogens (tertiary/aromatic N) is 4. The molecule has 0 bridgehead atoms. The van der Waals surface area contributed by atoms with Gasteiger partial charge in [-0.1, -0.05) is 0 Å². The second-order valence-corrected chi connectivity index (χ2v) is 9.41. The molecule has 0 aromatic carbocycles. The average Bonchev–Trinajstić information content (AvgIpc) is 3.17. The third-order valence-corrected chi connectivity index (χ3v) is 5.47. The van der Waals surface area contributed by atoms with E-state index < -0.39 is 9.84 Å². The Morgan fingerprint density at radius 2 is 2.00 bits per heavy atom. The van der Waals surface area contributed by atoms with E-state index >= 15 is 0 Å². The standard InChI is InChI=1S/C21H26N6O5S/c1-13(31-4)12-32-15-8-20(25-21(9-15)33(5,29)30)24-18-10-19(23-14(2)28)22-11-16(18)17-6-7-27(3)26-17/h6-11,13H,12H2,1-5H3,(H2,22,23,24,25,28). The summed E-state index contributed by atoms with van der Waals surface area (Å²) in [6.45, 7) is 3.44. The maximum absolute atomic E-state index is 12.2. The number of aryl methyl sites for hydroxylation is 1. The molecular weight excluding hydrogens is 448 g/mol. The van der Waals surface area contributed by atoms with Gasteiger partial charge in [0.1, 0.15) is 24.0 Å². The third kappa shape index (κ3) is 6.49. The SMILES string of the molecule is COC(C)COc1cc(Nc2cc(NC(C)=O)ncc2-c2ccn(C)n2)nc(S(C)(=O)=O)c1. The van der Waals surface area contributed by atoms with Crippen molar-refractivity contribution in [2.24, 2.45) is 7.05 Å². The fraction of sp³-hybridized carbons (Fsp3) is 0.333. The van der Waals surface area contributed by atoms with Gasteiger partial charge in [-0.3, -0.25) is 9.48 Å². The Morgan fingerprint density at radius 1 is 1.24 bits per heavy atom. The van der Waals surface area contributed by atoms with E-state index in [1.165, 1.54) is 13.0 Å². The minimum Gasteiger partial charge on any atom is -0.491 e. The van der Waals surface area contributed by atoms with Crippen molar-refractivity contribution in [3.05, 3.63) is 36.7 Å². The van der Waals surface area contributed by atoms with Crippen LogP contribution in [-0.2, 0) is 26.4 Å². The summed E-state index contributed by atoms with van der Waals surface area (Å²) in [4.78, 5) is 20.0. The van der Waals surface area contributed by atoms with E-state index in [9.17, 15) is 13.2 Å². The minimum atomic E-state index is -3.61. The normalized spacial score (nSPS) is 12.3. The van der Waals surface area contributed by atoms with E-state index in [1.54, 1.807) is 49.4 Å². The summed E-state index contributed by atoms with van der Waals surface area (Å²) in [7, 11) is -0.265. The Kier molecular flexibility index (Phi) is 7.29. The summed E-state index contributed by atoms with van der Waals surface area (Å²) in [5.41, 5.74) is 1.78. The number of amides is 1. The molecule has 3 heterocycles. The van der Waals surface area contributed by atoms with E-state index in [0.29, 0.717) is 28.5 Å². The number of methoxy groups -OCH3 is 1. The first kappa shape index (κ1) is 24.1. The van der Waals surface area contributed by atoms with Gasteiger partial charge in [0.25, 0.3) is 0 Å². The lowest BCUT2D eigenvalue weighted by atomic mass is 10.1. The number of hydrogen-bond acceptors (Lipinski definition) is 9. The van der Waals surface area contributed by atoms with Crippen LogP contribution in [0.4, 0.5) is 17.3 Å². The number of hydrogen-bond donors (Lipinski definition) is 2. The Bertz CT molecular complexity index is 1260. The van der Waals surface area contributed by atoms with Gasteiger partial charge in [-0.25, -0.2) is 18.4 Å². The second-order valence-electron chi connectivity index (χ2n) is 7.45. The molecule has 0 radical (unpaired) electrons. The molecule has 0 spiro atoms. The predicted octanol–water partition coefficient (Wildman–Crippen LogP) is 2.40. The number of ether oxygens (including phenoxy) is 2. The summed E-state index contributed by atoms with van der Waals surface area (Å²) in [6.07, 6.45) is 4.23. The molecule has 3 rings (SSSR count). The van der Waals surface area contributed by atoms with Crippen molar-refractivity contribution >= 4 is 33.1 Å². The summed E-state index contributed by atoms with van der Waals surface area (Å²) in [5, 5.41) is 10.0. The van der Waals surface area contributed by atoms with Crippen molar-refractivity contribution in [1.29, 1.82) is 0 Å². The van der Waals surface area contributed by atoms with Crippen LogP contribution in [-0.4, -0.2) is 60.1 Å². The number of aromatic nitrogens is 4. The smallest absolute Gasteiger partial charge is 0.222 e. The van der Waals surface area contributed by atoms with Crippen LogP contribution in [0.5, 0.6) is 5.75 Å². The second kappa shape index (κ2) is 9.96. The molecule has 0 fully saturated rings. The predicted molar refractivity (Wildman–Crippen MR) is 123 cm³/mol. The molecule has 12 heteroatoms. The molecule has 11 nitrogen and oxygen atoms in total. The van der Waals surface area contributed by atoms with Gasteiger partial charge >= 0.3 is 0 Å². The third-order valence-electron chi connectivity index (χ3n) is 4.50. The Balaban J connectivity index is 2.05. The number of sulfone groups is 1. The highest BCUT2D eigenvalue weighted by Crippen LogP contribution is 2.31. The number of carbonyl (C=O) groups excluding carboxylic acids is 1. The molecule has 33 heavy (non-hydrogen) atoms. The molecule has 1 atom stereocenters. The largest absolute Gasteiger partial charge is 0.491 e. The molecule has 3 aromatic rings. The van der Waals surface area contributed by atoms with Crippen LogP contribution < -0.4 is 15.4 Å². The van der Waals surface area contributed by atoms with E-state index in [0.717, 1.165) is 6.26 Å². The summed E-state index contributed by atoms with van der Waals surface area (Å²) in [6, 6.07) is 6.37. The lowest BCUT2D eigenvalue weighted by Crippen LogP contribution is -2.16. The van der Waals surface area contributed by atoms with Gasteiger partial charge in [-0.05, 0) is 13.0 Å². The lowest BCUT2D eigenvalue weighted by Gasteiger charge is -2.15. The van der Waals surface area contributed by atoms with Crippen LogP contribution in [0.2, 0.25) is 0 Å². The molecule has 3 aromatic heterocycles. The number of nitrogens with one attached hydrogen (secondary N) is 2. The van der Waals surface area contributed by atoms with E-state index in [4.69, 9.17) is 9.47 Å². The highest BCUT2D eigenvalue weighted by molar-refractivity contribution is 7.90. The van der Waals surface area contributed by atoms with E-state index in [-0.39, 0.29) is 29.5 Å². The fourth-order valence-electron chi connectivity index (χ4n) is 2.81. The van der Waals surface area contributed by atoms with Crippen LogP contribution >= 0.6 is 0 Å². The van der Waals surface area contributed by atoms with Gasteiger partial charge in [0, 0.05) is 63.5 Å². The van der Waals surface area contributed by atoms with Gasteiger partial charge in [-0.15, -0.1) is 0 Å². The molecular formula is C21H26N6O5S. The Labute approximate surface area is 192 Å². The van der Waals surface area contributed by atoms with Crippen molar-refractivity contribution in [3.63, 3.8) is 0 Å². The van der Waals surface area contributed by atoms with Crippen molar-refractivity contribution < 1.29 is 22.7 Å². The number of anilines is 3. The highest BCUT2D eigenvalue weighted by atomic mass is 32.2. The van der Waals surface area contributed by atoms with Gasteiger partial charge in [0.15, 0.2) is 14.9 Å². The maximum atomic E-state index is 12.2. The van der Waals surface area contributed by atoms with E-state index in [2.05, 4.69) is 25.7 Å². The van der Waals surface area contributed by atoms with Crippen LogP contribution in [0.25, 0.3) is 11.3 Å². The average molecular weight is 475 g/mol. The first-order valence-corrected chi connectivity index (χ1v) is 11.9. The molecule has 1 unspecified atom stereocenters. The summed E-state index contributed by atoms with van der Waals surface area (Å²) in [5.74, 6) is 0.580. The quantitative estimate of drug-likeness (QED) is 0.479. The number of rotatable bonds is 9. The molecule has 176 valence electrons. The maximum Gasteiger partial charge on any atom is 0.222 e. The fourth-order valence-corrected chi connectivity index (χ4v) is 3.40. The van der Waals surface area contributed by atoms with Gasteiger partial charge in [0.2, 0.25) is 5.91 Å². The van der Waals surface area contributed by atoms with Crippen LogP contribution in [0.3, 0.4) is 0 Å². The molecule has 0 aliphatic heterocycles. The zero-order valence-electron chi connectivity index (χ0n) is 19.0. The molecule has 1 amide bonds. The molecule has 0 saturated heterocycles. The van der Waals surface area contributed by atoms with Gasteiger partial charge in [-0.2, -0.15) is 5.10 Å². The monoisotopic (exact) mass is 474 g/mol. The highest BCUT2D eigenvalue weighted by Gasteiger charge is 2.16. The van der Waals surface area contributed by atoms with Crippen LogP contribution in [0.1, 0.15) is 13.8 Å². The van der Waals surface area contributed by atoms with E-state index in [1.807, 2.05) is 6.92 Å². The summed E-state index contributed by atoms with van der Waals surface area (Å²) >= 11 is 0. The molecule has 0 aliphatic rings. The molecule has 2 N–H and O–H groups in total. The number of carbonyl (C=O) groups is 1. The molecule has 0 aliphatic carbocycles. The first-order chi connectivity index (χ1) is 15.5. The first-order valence-electron chi connectivity index (χ1n) is 9.97. The lowest BCUT2D eigenvalue weighted by molar-refractivity contribution is -0.114. The minimum absolute atomic E-state index is 0.150. The van der Waals surface area contributed by atoms with Crippen LogP contribution in [0.15, 0.2) is 41.7 Å². The van der Waals surface area contributed by atoms with Crippen molar-refractivity contribution in [2.75, 3.05) is 30.6 Å². The Hall–Kier alpha value is -3.51. The van der Waals surface area contributed by atoms with Crippen LogP contribution in [0, 0.1) is 0 Å². The Morgan fingerprint density at radius 3 is 2.61 bits per heavy atom. The van der Waals surface area contributed by atoms with Crippen molar-refractivity contribution in [1.82, 2.24) is 19.7 Å². The van der Waals surface area contributed by atoms with Crippen molar-refractivity contribution in [3.8, 4) is 17.0 Å². The van der Waals surface area contributed by atoms with Gasteiger partial charge < -0.3 is 20.1 Å². The topological polar surface area (TPSA) is 137 Å². The zero-order valence-corrected chi connectivity index (χ0v) is 19.8. The molecule has 0 saturated carbocycles. The van der Waals surface area contributed by atoms with Crippen molar-refractivity contribution in [2.45, 2.75) is 25.0 Å². The zero-order chi connectivity index (χ0) is 24.2.